The molecular weight excluding hydrogens is 1130 g/mol. The normalized spacial score (nSPS) is 19.3. The molecule has 3 fully saturated rings. The second kappa shape index (κ2) is 28.1. The van der Waals surface area contributed by atoms with Crippen LogP contribution in [0.25, 0.3) is 21.6 Å². The number of anilines is 3. The molecule has 18 nitrogen and oxygen atoms in total. The lowest BCUT2D eigenvalue weighted by atomic mass is 9.85. The summed E-state index contributed by atoms with van der Waals surface area (Å²) in [6.45, 7) is 16.4. The van der Waals surface area contributed by atoms with Gasteiger partial charge >= 0.3 is 6.18 Å². The number of pyridine rings is 2. The van der Waals surface area contributed by atoms with Gasteiger partial charge in [-0.05, 0) is 88.4 Å². The molecule has 5 N–H and O–H groups in total. The third-order valence-corrected chi connectivity index (χ3v) is 17.9. The number of hydrogen-bond acceptors (Lipinski definition) is 13. The van der Waals surface area contributed by atoms with Crippen LogP contribution in [-0.4, -0.2) is 147 Å². The van der Waals surface area contributed by atoms with Crippen molar-refractivity contribution in [1.82, 2.24) is 40.3 Å². The number of aliphatic hydroxyl groups is 1. The molecule has 5 amide bonds. The molecular formula is C63H81F4N11O7S. The molecule has 86 heavy (non-hydrogen) atoms. The third-order valence-electron chi connectivity index (χ3n) is 16.9. The highest BCUT2D eigenvalue weighted by Crippen LogP contribution is 2.38. The zero-order valence-corrected chi connectivity index (χ0v) is 51.2. The number of piperazine rings is 2. The lowest BCUT2D eigenvalue weighted by Gasteiger charge is -2.44. The summed E-state index contributed by atoms with van der Waals surface area (Å²) in [5, 5.41) is 19.3. The van der Waals surface area contributed by atoms with Gasteiger partial charge in [-0.25, -0.2) is 14.4 Å². The number of thiazole rings is 1. The van der Waals surface area contributed by atoms with E-state index in [2.05, 4.69) is 35.8 Å². The van der Waals surface area contributed by atoms with Gasteiger partial charge in [0.15, 0.2) is 0 Å². The fourth-order valence-corrected chi connectivity index (χ4v) is 12.4. The highest BCUT2D eigenvalue weighted by molar-refractivity contribution is 7.13. The molecule has 5 aromatic rings. The molecule has 3 aliphatic heterocycles. The number of aliphatic hydroxyl groups excluding tert-OH is 1. The van der Waals surface area contributed by atoms with Crippen molar-refractivity contribution in [3.05, 3.63) is 111 Å². The molecule has 2 aromatic carbocycles. The SMILES string of the molecule is Cc1ncsc1-c1ccc([C@H](C)NC(=O)[C@@H]2C[C@@H](O)CN2C(=O)C(NC(=O)CCCCCCCCCC(=O)N2CCN(c3ccc(-c4cc(NC(=O)c5c[nH]c(=O)cc5C(F)(F)F)c(N5C[C@@H](C)N(C)[C@@H](C)C5)cc4F)cn3)CC2)C(C)(C)C)cc1. The van der Waals surface area contributed by atoms with Gasteiger partial charge in [0.25, 0.3) is 5.91 Å². The molecule has 6 atom stereocenters. The Morgan fingerprint density at radius 2 is 1.45 bits per heavy atom. The first-order chi connectivity index (χ1) is 40.8. The molecule has 23 heteroatoms. The summed E-state index contributed by atoms with van der Waals surface area (Å²) in [4.78, 5) is 101. The molecule has 3 saturated heterocycles. The van der Waals surface area contributed by atoms with Crippen LogP contribution in [0.15, 0.2) is 77.3 Å². The highest BCUT2D eigenvalue weighted by atomic mass is 32.1. The van der Waals surface area contributed by atoms with Crippen LogP contribution in [0.1, 0.15) is 139 Å². The van der Waals surface area contributed by atoms with Gasteiger partial charge in [0, 0.05) is 107 Å². The van der Waals surface area contributed by atoms with E-state index in [4.69, 9.17) is 0 Å². The average molecular weight is 1210 g/mol. The second-order valence-corrected chi connectivity index (χ2v) is 25.2. The Morgan fingerprint density at radius 3 is 2.06 bits per heavy atom. The molecule has 464 valence electrons. The van der Waals surface area contributed by atoms with Gasteiger partial charge in [-0.1, -0.05) is 77.1 Å². The lowest BCUT2D eigenvalue weighted by Crippen LogP contribution is -2.57. The monoisotopic (exact) mass is 1210 g/mol. The number of amides is 5. The minimum absolute atomic E-state index is 0.00920. The Balaban J connectivity index is 0.749. The van der Waals surface area contributed by atoms with Crippen LogP contribution in [0, 0.1) is 18.2 Å². The number of H-pyrrole nitrogens is 1. The number of carbonyl (C=O) groups excluding carboxylic acids is 5. The van der Waals surface area contributed by atoms with Gasteiger partial charge in [-0.2, -0.15) is 13.2 Å². The first kappa shape index (κ1) is 64.8. The number of halogens is 4. The van der Waals surface area contributed by atoms with Gasteiger partial charge in [0.2, 0.25) is 29.2 Å². The number of unbranched alkanes of at least 4 members (excludes halogenated alkanes) is 6. The van der Waals surface area contributed by atoms with E-state index >= 15 is 4.39 Å². The Kier molecular flexibility index (Phi) is 21.1. The number of hydrogen-bond donors (Lipinski definition) is 5. The van der Waals surface area contributed by atoms with Crippen molar-refractivity contribution >= 4 is 58.1 Å². The van der Waals surface area contributed by atoms with E-state index < -0.39 is 64.1 Å². The minimum atomic E-state index is -4.99. The molecule has 3 aromatic heterocycles. The molecule has 0 radical (unpaired) electrons. The van der Waals surface area contributed by atoms with E-state index in [1.807, 2.05) is 100.0 Å². The van der Waals surface area contributed by atoms with Gasteiger partial charge in [0.05, 0.1) is 50.7 Å². The smallest absolute Gasteiger partial charge is 0.391 e. The number of alkyl halides is 3. The molecule has 1 unspecified atom stereocenters. The molecule has 0 aliphatic carbocycles. The summed E-state index contributed by atoms with van der Waals surface area (Å²) >= 11 is 1.57. The summed E-state index contributed by atoms with van der Waals surface area (Å²) in [7, 11) is 1.98. The van der Waals surface area contributed by atoms with E-state index in [9.17, 15) is 47.0 Å². The summed E-state index contributed by atoms with van der Waals surface area (Å²) < 4.78 is 58.3. The Labute approximate surface area is 504 Å². The van der Waals surface area contributed by atoms with Gasteiger partial charge in [-0.15, -0.1) is 11.3 Å². The van der Waals surface area contributed by atoms with Crippen LogP contribution in [-0.2, 0) is 25.4 Å². The molecule has 0 saturated carbocycles. The highest BCUT2D eigenvalue weighted by Gasteiger charge is 2.45. The van der Waals surface area contributed by atoms with Gasteiger partial charge in [-0.3, -0.25) is 33.7 Å². The van der Waals surface area contributed by atoms with Gasteiger partial charge < -0.3 is 45.6 Å². The largest absolute Gasteiger partial charge is 0.417 e. The third kappa shape index (κ3) is 16.0. The van der Waals surface area contributed by atoms with E-state index in [-0.39, 0.29) is 66.5 Å². The number of β-amino-alcohol motifs (C(OH)–C–C–N with tert-alkyl or cyclic N) is 1. The number of carbonyl (C=O) groups is 5. The van der Waals surface area contributed by atoms with Crippen molar-refractivity contribution in [2.75, 3.05) is 68.0 Å². The zero-order chi connectivity index (χ0) is 62.2. The Bertz CT molecular complexity index is 3240. The van der Waals surface area contributed by atoms with Crippen molar-refractivity contribution < 1.29 is 46.6 Å². The number of aryl methyl sites for hydroxylation is 1. The molecule has 8 rings (SSSR count). The fourth-order valence-electron chi connectivity index (χ4n) is 11.6. The van der Waals surface area contributed by atoms with Crippen LogP contribution in [0.5, 0.6) is 0 Å². The van der Waals surface area contributed by atoms with E-state index in [0.717, 1.165) is 66.4 Å². The van der Waals surface area contributed by atoms with Gasteiger partial charge in [0.1, 0.15) is 23.7 Å². The molecule has 0 bridgehead atoms. The van der Waals surface area contributed by atoms with Crippen molar-refractivity contribution in [3.63, 3.8) is 0 Å². The summed E-state index contributed by atoms with van der Waals surface area (Å²) in [5.41, 5.74) is 1.65. The predicted molar refractivity (Wildman–Crippen MR) is 325 cm³/mol. The van der Waals surface area contributed by atoms with Crippen LogP contribution in [0.3, 0.4) is 0 Å². The van der Waals surface area contributed by atoms with Crippen LogP contribution < -0.4 is 31.3 Å². The first-order valence-electron chi connectivity index (χ1n) is 29.8. The zero-order valence-electron chi connectivity index (χ0n) is 50.4. The van der Waals surface area contributed by atoms with Crippen molar-refractivity contribution in [1.29, 1.82) is 0 Å². The second-order valence-electron chi connectivity index (χ2n) is 24.3. The molecule has 0 spiro atoms. The first-order valence-corrected chi connectivity index (χ1v) is 30.6. The number of nitrogens with zero attached hydrogens (tertiary/aromatic N) is 7. The Hall–Kier alpha value is -7.24. The number of benzene rings is 2. The summed E-state index contributed by atoms with van der Waals surface area (Å²) in [6.07, 6.45) is 3.05. The number of rotatable bonds is 21. The maximum Gasteiger partial charge on any atom is 0.417 e. The maximum absolute atomic E-state index is 16.2. The quantitative estimate of drug-likeness (QED) is 0.0343. The number of nitrogens with one attached hydrogen (secondary N) is 4. The maximum atomic E-state index is 16.2. The van der Waals surface area contributed by atoms with Crippen molar-refractivity contribution in [2.45, 2.75) is 155 Å². The fraction of sp³-hybridized carbons (Fsp3) is 0.524. The minimum Gasteiger partial charge on any atom is -0.391 e. The topological polar surface area (TPSA) is 217 Å². The van der Waals surface area contributed by atoms with E-state index in [1.54, 1.807) is 23.5 Å². The predicted octanol–water partition coefficient (Wildman–Crippen LogP) is 9.34. The lowest BCUT2D eigenvalue weighted by molar-refractivity contribution is -0.144. The summed E-state index contributed by atoms with van der Waals surface area (Å²) in [6, 6.07) is 12.3. The number of aromatic nitrogens is 3. The number of aromatic amines is 1. The van der Waals surface area contributed by atoms with Crippen LogP contribution in [0.4, 0.5) is 34.8 Å². The number of likely N-dealkylation sites (tertiary alicyclic amines) is 1. The Morgan fingerprint density at radius 1 is 0.814 bits per heavy atom. The number of likely N-dealkylation sites (N-methyl/N-ethyl adjacent to an activating group) is 1. The summed E-state index contributed by atoms with van der Waals surface area (Å²) in [5.74, 6) is -2.06. The standard InChI is InChI=1S/C63H81F4N11O7S/c1-38-34-77(35-39(2)74(38)8)51-31-49(64)46(29-50(51)72-59(83)47-33-69-55(81)30-48(47)63(65,66)67)44-22-23-53(68-32-44)75-24-26-76(27-25-75)56(82)17-15-13-11-9-10-12-14-16-54(80)73-58(62(5,6)7)61(85)78-36-45(79)28-52(78)60(84)71-40(3)42-18-20-43(21-19-42)57-41(4)70-37-86-57/h18-23,29-33,37-40,45,52,58,79H,9-17,24-28,34-36H2,1-8H3,(H,69,81)(H,71,84)(H,72,83)(H,73,80)/t38-,39+,40-,45+,52-,58?/m0/s1. The van der Waals surface area contributed by atoms with Crippen molar-refractivity contribution in [3.8, 4) is 21.6 Å². The van der Waals surface area contributed by atoms with E-state index in [1.165, 1.54) is 23.2 Å². The van der Waals surface area contributed by atoms with Crippen LogP contribution >= 0.6 is 11.3 Å². The van der Waals surface area contributed by atoms with E-state index in [0.29, 0.717) is 75.2 Å². The molecule has 3 aliphatic rings. The average Bonchev–Trinajstić information content (AvgIpc) is 1.99. The van der Waals surface area contributed by atoms with Crippen LogP contribution in [0.2, 0.25) is 0 Å². The molecule has 6 heterocycles. The van der Waals surface area contributed by atoms with Crippen molar-refractivity contribution in [2.24, 2.45) is 5.41 Å².